The van der Waals surface area contributed by atoms with Crippen molar-refractivity contribution in [1.29, 1.82) is 0 Å². The molecule has 124 valence electrons. The summed E-state index contributed by atoms with van der Waals surface area (Å²) in [4.78, 5) is 11.0. The van der Waals surface area contributed by atoms with Gasteiger partial charge in [-0.2, -0.15) is 0 Å². The first-order chi connectivity index (χ1) is 11.4. The highest BCUT2D eigenvalue weighted by Gasteiger charge is 2.22. The van der Waals surface area contributed by atoms with E-state index >= 15 is 0 Å². The number of methoxy groups -OCH3 is 1. The summed E-state index contributed by atoms with van der Waals surface area (Å²) >= 11 is 0. The van der Waals surface area contributed by atoms with Crippen LogP contribution in [0.3, 0.4) is 0 Å². The van der Waals surface area contributed by atoms with Crippen molar-refractivity contribution in [3.8, 4) is 5.75 Å². The van der Waals surface area contributed by atoms with Gasteiger partial charge in [-0.25, -0.2) is 13.2 Å². The molecule has 0 aliphatic heterocycles. The number of carboxylic acids is 1. The number of rotatable bonds is 5. The molecule has 1 aromatic heterocycles. The van der Waals surface area contributed by atoms with Crippen LogP contribution < -0.4 is 9.46 Å². The van der Waals surface area contributed by atoms with Crippen LogP contribution in [0.5, 0.6) is 5.75 Å². The van der Waals surface area contributed by atoms with Crippen LogP contribution >= 0.6 is 0 Å². The molecule has 8 heteroatoms. The van der Waals surface area contributed by atoms with Gasteiger partial charge in [-0.15, -0.1) is 0 Å². The molecule has 0 aliphatic rings. The standard InChI is InChI=1S/C16H13NO6S/c1-22-14-8-10(16(18)19)6-7-12(14)17-24(20,21)15-9-23-13-5-3-2-4-11(13)15/h2-9,17H,1H3,(H,18,19). The summed E-state index contributed by atoms with van der Waals surface area (Å²) < 4.78 is 38.0. The lowest BCUT2D eigenvalue weighted by Crippen LogP contribution is -2.13. The van der Waals surface area contributed by atoms with Gasteiger partial charge in [0.1, 0.15) is 22.5 Å². The summed E-state index contributed by atoms with van der Waals surface area (Å²) in [5.74, 6) is -1.03. The molecule has 7 nitrogen and oxygen atoms in total. The van der Waals surface area contributed by atoms with Crippen molar-refractivity contribution in [2.75, 3.05) is 11.8 Å². The maximum Gasteiger partial charge on any atom is 0.335 e. The Hall–Kier alpha value is -3.00. The predicted molar refractivity (Wildman–Crippen MR) is 87.0 cm³/mol. The van der Waals surface area contributed by atoms with Crippen molar-refractivity contribution >= 4 is 32.6 Å². The van der Waals surface area contributed by atoms with Crippen molar-refractivity contribution in [3.05, 3.63) is 54.3 Å². The van der Waals surface area contributed by atoms with Gasteiger partial charge in [0.05, 0.1) is 18.4 Å². The Balaban J connectivity index is 2.02. The zero-order chi connectivity index (χ0) is 17.3. The lowest BCUT2D eigenvalue weighted by molar-refractivity contribution is 0.0696. The van der Waals surface area contributed by atoms with Gasteiger partial charge in [-0.1, -0.05) is 12.1 Å². The van der Waals surface area contributed by atoms with E-state index in [9.17, 15) is 13.2 Å². The molecule has 0 radical (unpaired) electrons. The van der Waals surface area contributed by atoms with E-state index < -0.39 is 16.0 Å². The van der Waals surface area contributed by atoms with E-state index in [0.717, 1.165) is 6.26 Å². The highest BCUT2D eigenvalue weighted by Crippen LogP contribution is 2.31. The van der Waals surface area contributed by atoms with Crippen LogP contribution in [0.4, 0.5) is 5.69 Å². The number of carbonyl (C=O) groups is 1. The number of sulfonamides is 1. The minimum absolute atomic E-state index is 0.0106. The van der Waals surface area contributed by atoms with Crippen LogP contribution in [0.1, 0.15) is 10.4 Å². The number of fused-ring (bicyclic) bond motifs is 1. The van der Waals surface area contributed by atoms with Gasteiger partial charge in [0.15, 0.2) is 0 Å². The van der Waals surface area contributed by atoms with Crippen LogP contribution in [0, 0.1) is 0 Å². The van der Waals surface area contributed by atoms with E-state index in [4.69, 9.17) is 14.3 Å². The number of ether oxygens (including phenoxy) is 1. The Morgan fingerprint density at radius 3 is 2.67 bits per heavy atom. The first-order valence-corrected chi connectivity index (χ1v) is 8.31. The molecule has 0 atom stereocenters. The van der Waals surface area contributed by atoms with Gasteiger partial charge in [0, 0.05) is 5.39 Å². The SMILES string of the molecule is COc1cc(C(=O)O)ccc1NS(=O)(=O)c1coc2ccccc12. The molecular formula is C16H13NO6S. The summed E-state index contributed by atoms with van der Waals surface area (Å²) in [6.07, 6.45) is 1.16. The van der Waals surface area contributed by atoms with E-state index in [1.165, 1.54) is 25.3 Å². The van der Waals surface area contributed by atoms with Gasteiger partial charge >= 0.3 is 5.97 Å². The molecule has 0 bridgehead atoms. The lowest BCUT2D eigenvalue weighted by atomic mass is 10.2. The molecule has 0 unspecified atom stereocenters. The Morgan fingerprint density at radius 2 is 1.96 bits per heavy atom. The fourth-order valence-corrected chi connectivity index (χ4v) is 3.47. The van der Waals surface area contributed by atoms with Gasteiger partial charge in [-0.05, 0) is 30.3 Å². The first-order valence-electron chi connectivity index (χ1n) is 6.83. The fraction of sp³-hybridized carbons (Fsp3) is 0.0625. The third-order valence-electron chi connectivity index (χ3n) is 3.43. The molecule has 0 aliphatic carbocycles. The lowest BCUT2D eigenvalue weighted by Gasteiger charge is -2.11. The maximum absolute atomic E-state index is 12.6. The second-order valence-electron chi connectivity index (χ2n) is 4.92. The molecule has 3 rings (SSSR count). The number of carboxylic acid groups (broad SMARTS) is 1. The minimum atomic E-state index is -3.93. The summed E-state index contributed by atoms with van der Waals surface area (Å²) in [6.45, 7) is 0. The van der Waals surface area contributed by atoms with Crippen molar-refractivity contribution in [2.24, 2.45) is 0 Å². The van der Waals surface area contributed by atoms with Crippen LogP contribution in [-0.4, -0.2) is 26.6 Å². The topological polar surface area (TPSA) is 106 Å². The third kappa shape index (κ3) is 2.79. The molecule has 0 spiro atoms. The van der Waals surface area contributed by atoms with Gasteiger partial charge in [-0.3, -0.25) is 4.72 Å². The second-order valence-corrected chi connectivity index (χ2v) is 6.57. The molecule has 2 N–H and O–H groups in total. The third-order valence-corrected chi connectivity index (χ3v) is 4.81. The van der Waals surface area contributed by atoms with Crippen LogP contribution in [0.2, 0.25) is 0 Å². The summed E-state index contributed by atoms with van der Waals surface area (Å²) in [5.41, 5.74) is 0.572. The molecule has 2 aromatic carbocycles. The van der Waals surface area contributed by atoms with Crippen LogP contribution in [0.15, 0.2) is 58.0 Å². The Kier molecular flexibility index (Phi) is 3.90. The molecule has 0 saturated carbocycles. The number of aromatic carboxylic acids is 1. The van der Waals surface area contributed by atoms with E-state index in [2.05, 4.69) is 4.72 Å². The van der Waals surface area contributed by atoms with Crippen molar-refractivity contribution in [3.63, 3.8) is 0 Å². The summed E-state index contributed by atoms with van der Waals surface area (Å²) in [5, 5.41) is 9.44. The maximum atomic E-state index is 12.6. The molecule has 0 amide bonds. The first kappa shape index (κ1) is 15.9. The van der Waals surface area contributed by atoms with E-state index in [1.807, 2.05) is 0 Å². The Labute approximate surface area is 137 Å². The molecule has 0 fully saturated rings. The minimum Gasteiger partial charge on any atom is -0.495 e. The number of hydrogen-bond acceptors (Lipinski definition) is 5. The number of nitrogens with one attached hydrogen (secondary N) is 1. The number of hydrogen-bond donors (Lipinski definition) is 2. The smallest absolute Gasteiger partial charge is 0.335 e. The normalized spacial score (nSPS) is 11.4. The quantitative estimate of drug-likeness (QED) is 0.735. The highest BCUT2D eigenvalue weighted by atomic mass is 32.2. The largest absolute Gasteiger partial charge is 0.495 e. The van der Waals surface area contributed by atoms with Crippen molar-refractivity contribution in [2.45, 2.75) is 4.90 Å². The highest BCUT2D eigenvalue weighted by molar-refractivity contribution is 7.93. The van der Waals surface area contributed by atoms with E-state index in [0.29, 0.717) is 11.0 Å². The van der Waals surface area contributed by atoms with Crippen LogP contribution in [-0.2, 0) is 10.0 Å². The monoisotopic (exact) mass is 347 g/mol. The number of para-hydroxylation sites is 1. The molecular weight excluding hydrogens is 334 g/mol. The van der Waals surface area contributed by atoms with Crippen molar-refractivity contribution < 1.29 is 27.5 Å². The zero-order valence-corrected chi connectivity index (χ0v) is 13.3. The Morgan fingerprint density at radius 1 is 1.21 bits per heavy atom. The molecule has 3 aromatic rings. The second kappa shape index (κ2) is 5.89. The average molecular weight is 347 g/mol. The van der Waals surface area contributed by atoms with Gasteiger partial charge < -0.3 is 14.3 Å². The number of furan rings is 1. The summed E-state index contributed by atoms with van der Waals surface area (Å²) in [7, 11) is -2.61. The zero-order valence-electron chi connectivity index (χ0n) is 12.5. The van der Waals surface area contributed by atoms with Gasteiger partial charge in [0.2, 0.25) is 0 Å². The molecule has 0 saturated heterocycles. The average Bonchev–Trinajstić information content (AvgIpc) is 2.99. The summed E-state index contributed by atoms with van der Waals surface area (Å²) in [6, 6.07) is 10.6. The van der Waals surface area contributed by atoms with Gasteiger partial charge in [0.25, 0.3) is 10.0 Å². The molecule has 24 heavy (non-hydrogen) atoms. The van der Waals surface area contributed by atoms with E-state index in [1.54, 1.807) is 24.3 Å². The molecule has 1 heterocycles. The fourth-order valence-electron chi connectivity index (χ4n) is 2.27. The van der Waals surface area contributed by atoms with E-state index in [-0.39, 0.29) is 21.9 Å². The Bertz CT molecular complexity index is 1020. The van der Waals surface area contributed by atoms with Crippen molar-refractivity contribution in [1.82, 2.24) is 0 Å². The number of benzene rings is 2. The van der Waals surface area contributed by atoms with Crippen LogP contribution in [0.25, 0.3) is 11.0 Å². The number of anilines is 1. The predicted octanol–water partition coefficient (Wildman–Crippen LogP) is 2.94.